The molecule has 0 aromatic heterocycles. The number of nitrogens with one attached hydrogen (secondary N) is 1. The third-order valence-electron chi connectivity index (χ3n) is 6.67. The number of carbonyl (C=O) groups excluding carboxylic acids is 2. The molecule has 3 aromatic rings. The lowest BCUT2D eigenvalue weighted by molar-refractivity contribution is -0.139. The van der Waals surface area contributed by atoms with Gasteiger partial charge in [0.25, 0.3) is 10.0 Å². The molecule has 0 fully saturated rings. The normalized spacial score (nSPS) is 12.1. The molecule has 0 saturated carbocycles. The Morgan fingerprint density at radius 2 is 1.51 bits per heavy atom. The fraction of sp³-hybridized carbons (Fsp3) is 0.355. The molecule has 0 radical (unpaired) electrons. The second-order valence-electron chi connectivity index (χ2n) is 10.1. The van der Waals surface area contributed by atoms with E-state index in [2.05, 4.69) is 5.32 Å². The minimum atomic E-state index is -4.09. The smallest absolute Gasteiger partial charge is 0.264 e. The predicted molar refractivity (Wildman–Crippen MR) is 156 cm³/mol. The van der Waals surface area contributed by atoms with Crippen LogP contribution in [0.15, 0.2) is 71.6 Å². The van der Waals surface area contributed by atoms with Crippen LogP contribution in [0.1, 0.15) is 48.1 Å². The number of anilines is 1. The summed E-state index contributed by atoms with van der Waals surface area (Å²) in [5.74, 6) is -0.746. The highest BCUT2D eigenvalue weighted by Crippen LogP contribution is 2.28. The van der Waals surface area contributed by atoms with Gasteiger partial charge < -0.3 is 10.2 Å². The maximum absolute atomic E-state index is 14.0. The number of sulfonamides is 1. The zero-order valence-electron chi connectivity index (χ0n) is 23.7. The molecular weight excluding hydrogens is 510 g/mol. The molecule has 3 aromatic carbocycles. The van der Waals surface area contributed by atoms with Crippen molar-refractivity contribution in [3.05, 3.63) is 94.5 Å². The van der Waals surface area contributed by atoms with Crippen molar-refractivity contribution in [1.82, 2.24) is 10.2 Å². The van der Waals surface area contributed by atoms with Gasteiger partial charge in [-0.15, -0.1) is 0 Å². The Kier molecular flexibility index (Phi) is 9.92. The van der Waals surface area contributed by atoms with Crippen LogP contribution < -0.4 is 9.62 Å². The number of aryl methyl sites for hydroxylation is 4. The van der Waals surface area contributed by atoms with Crippen LogP contribution in [-0.4, -0.2) is 44.3 Å². The number of hydrogen-bond donors (Lipinski definition) is 1. The molecule has 7 nitrogen and oxygen atoms in total. The van der Waals surface area contributed by atoms with Crippen molar-refractivity contribution in [2.45, 2.75) is 65.4 Å². The molecule has 1 unspecified atom stereocenters. The molecule has 0 aliphatic heterocycles. The molecule has 39 heavy (non-hydrogen) atoms. The first-order valence-corrected chi connectivity index (χ1v) is 14.7. The van der Waals surface area contributed by atoms with Gasteiger partial charge in [-0.25, -0.2) is 8.42 Å². The summed E-state index contributed by atoms with van der Waals surface area (Å²) in [4.78, 5) is 28.5. The van der Waals surface area contributed by atoms with E-state index in [1.165, 1.54) is 9.21 Å². The molecule has 0 spiro atoms. The van der Waals surface area contributed by atoms with Crippen LogP contribution in [0.4, 0.5) is 5.69 Å². The largest absolute Gasteiger partial charge is 0.354 e. The minimum Gasteiger partial charge on any atom is -0.354 e. The predicted octanol–water partition coefficient (Wildman–Crippen LogP) is 5.06. The van der Waals surface area contributed by atoms with Crippen molar-refractivity contribution in [3.63, 3.8) is 0 Å². The molecule has 2 amide bonds. The van der Waals surface area contributed by atoms with Crippen molar-refractivity contribution in [1.29, 1.82) is 0 Å². The van der Waals surface area contributed by atoms with Gasteiger partial charge in [0.2, 0.25) is 11.8 Å². The summed E-state index contributed by atoms with van der Waals surface area (Å²) < 4.78 is 29.1. The van der Waals surface area contributed by atoms with Gasteiger partial charge in [0.1, 0.15) is 12.6 Å². The van der Waals surface area contributed by atoms with Crippen LogP contribution in [0.25, 0.3) is 0 Å². The standard InChI is InChI=1S/C31H39N3O4S/c1-7-17-32-31(36)26(6)33(20-27-10-8-9-23(3)18-27)30(35)21-34(29-19-24(4)11-14-25(29)5)39(37,38)28-15-12-22(2)13-16-28/h8-16,18-19,26H,7,17,20-21H2,1-6H3,(H,32,36). The number of carbonyl (C=O) groups is 2. The van der Waals surface area contributed by atoms with Gasteiger partial charge in [0, 0.05) is 13.1 Å². The van der Waals surface area contributed by atoms with E-state index in [1.54, 1.807) is 37.3 Å². The molecule has 0 aliphatic rings. The summed E-state index contributed by atoms with van der Waals surface area (Å²) in [5.41, 5.74) is 4.85. The molecule has 0 aliphatic carbocycles. The first-order chi connectivity index (χ1) is 18.4. The van der Waals surface area contributed by atoms with E-state index in [9.17, 15) is 18.0 Å². The number of benzene rings is 3. The van der Waals surface area contributed by atoms with Gasteiger partial charge in [-0.2, -0.15) is 0 Å². The Hall–Kier alpha value is -3.65. The quantitative estimate of drug-likeness (QED) is 0.362. The van der Waals surface area contributed by atoms with Crippen molar-refractivity contribution >= 4 is 27.5 Å². The molecule has 0 saturated heterocycles. The van der Waals surface area contributed by atoms with Crippen LogP contribution in [0, 0.1) is 27.7 Å². The monoisotopic (exact) mass is 549 g/mol. The van der Waals surface area contributed by atoms with Crippen LogP contribution in [-0.2, 0) is 26.2 Å². The Morgan fingerprint density at radius 3 is 2.15 bits per heavy atom. The lowest BCUT2D eigenvalue weighted by Gasteiger charge is -2.32. The number of amides is 2. The van der Waals surface area contributed by atoms with Gasteiger partial charge in [-0.3, -0.25) is 13.9 Å². The van der Waals surface area contributed by atoms with Gasteiger partial charge in [0.15, 0.2) is 0 Å². The summed E-state index contributed by atoms with van der Waals surface area (Å²) in [6.45, 7) is 11.4. The highest BCUT2D eigenvalue weighted by molar-refractivity contribution is 7.92. The summed E-state index contributed by atoms with van der Waals surface area (Å²) in [6.07, 6.45) is 0.763. The average molecular weight is 550 g/mol. The van der Waals surface area contributed by atoms with E-state index in [1.807, 2.05) is 71.0 Å². The second-order valence-corrected chi connectivity index (χ2v) is 12.0. The van der Waals surface area contributed by atoms with E-state index >= 15 is 0 Å². The Balaban J connectivity index is 2.06. The molecule has 1 N–H and O–H groups in total. The number of hydrogen-bond acceptors (Lipinski definition) is 4. The highest BCUT2D eigenvalue weighted by Gasteiger charge is 2.33. The van der Waals surface area contributed by atoms with Crippen LogP contribution in [0.2, 0.25) is 0 Å². The summed E-state index contributed by atoms with van der Waals surface area (Å²) in [5, 5.41) is 2.86. The minimum absolute atomic E-state index is 0.0979. The van der Waals surface area contributed by atoms with E-state index in [0.29, 0.717) is 12.2 Å². The van der Waals surface area contributed by atoms with E-state index in [4.69, 9.17) is 0 Å². The van der Waals surface area contributed by atoms with Gasteiger partial charge >= 0.3 is 0 Å². The van der Waals surface area contributed by atoms with Crippen molar-refractivity contribution in [2.75, 3.05) is 17.4 Å². The SMILES string of the molecule is CCCNC(=O)C(C)N(Cc1cccc(C)c1)C(=O)CN(c1cc(C)ccc1C)S(=O)(=O)c1ccc(C)cc1. The van der Waals surface area contributed by atoms with Gasteiger partial charge in [0.05, 0.1) is 10.6 Å². The van der Waals surface area contributed by atoms with Gasteiger partial charge in [-0.05, 0) is 75.9 Å². The average Bonchev–Trinajstić information content (AvgIpc) is 2.90. The van der Waals surface area contributed by atoms with Crippen molar-refractivity contribution < 1.29 is 18.0 Å². The third-order valence-corrected chi connectivity index (χ3v) is 8.45. The molecule has 3 rings (SSSR count). The first-order valence-electron chi connectivity index (χ1n) is 13.2. The second kappa shape index (κ2) is 12.9. The van der Waals surface area contributed by atoms with E-state index in [-0.39, 0.29) is 17.3 Å². The summed E-state index contributed by atoms with van der Waals surface area (Å²) in [6, 6.07) is 19.0. The fourth-order valence-electron chi connectivity index (χ4n) is 4.32. The zero-order valence-corrected chi connectivity index (χ0v) is 24.5. The van der Waals surface area contributed by atoms with E-state index in [0.717, 1.165) is 34.2 Å². The Morgan fingerprint density at radius 1 is 0.872 bits per heavy atom. The molecular formula is C31H39N3O4S. The van der Waals surface area contributed by atoms with Gasteiger partial charge in [-0.1, -0.05) is 66.6 Å². The molecule has 1 atom stereocenters. The maximum Gasteiger partial charge on any atom is 0.264 e. The first kappa shape index (κ1) is 29.9. The van der Waals surface area contributed by atoms with Crippen LogP contribution >= 0.6 is 0 Å². The summed E-state index contributed by atoms with van der Waals surface area (Å²) >= 11 is 0. The number of nitrogens with zero attached hydrogens (tertiary/aromatic N) is 2. The molecule has 208 valence electrons. The lowest BCUT2D eigenvalue weighted by Crippen LogP contribution is -2.51. The number of rotatable bonds is 11. The maximum atomic E-state index is 14.0. The fourth-order valence-corrected chi connectivity index (χ4v) is 5.80. The van der Waals surface area contributed by atoms with Crippen LogP contribution in [0.5, 0.6) is 0 Å². The lowest BCUT2D eigenvalue weighted by atomic mass is 10.1. The molecule has 0 heterocycles. The Labute approximate surface area is 232 Å². The summed E-state index contributed by atoms with van der Waals surface area (Å²) in [7, 11) is -4.09. The van der Waals surface area contributed by atoms with E-state index < -0.39 is 28.5 Å². The third kappa shape index (κ3) is 7.47. The van der Waals surface area contributed by atoms with Crippen LogP contribution in [0.3, 0.4) is 0 Å². The van der Waals surface area contributed by atoms with Crippen molar-refractivity contribution in [2.24, 2.45) is 0 Å². The topological polar surface area (TPSA) is 86.8 Å². The Bertz CT molecular complexity index is 1420. The highest BCUT2D eigenvalue weighted by atomic mass is 32.2. The zero-order chi connectivity index (χ0) is 28.7. The van der Waals surface area contributed by atoms with Crippen molar-refractivity contribution in [3.8, 4) is 0 Å². The molecule has 8 heteroatoms. The molecule has 0 bridgehead atoms.